The van der Waals surface area contributed by atoms with E-state index in [1.54, 1.807) is 12.2 Å². The van der Waals surface area contributed by atoms with Crippen molar-refractivity contribution < 1.29 is 29.0 Å². The second kappa shape index (κ2) is 6.46. The molecular formula is C23H28O6. The van der Waals surface area contributed by atoms with Crippen molar-refractivity contribution in [3.8, 4) is 0 Å². The van der Waals surface area contributed by atoms with Crippen LogP contribution in [0.25, 0.3) is 0 Å². The molecule has 0 spiro atoms. The monoisotopic (exact) mass is 400 g/mol. The first kappa shape index (κ1) is 20.2. The molecule has 0 aromatic rings. The quantitative estimate of drug-likeness (QED) is 0.730. The Labute approximate surface area is 170 Å². The largest absolute Gasteiger partial charge is 0.451 e. The lowest BCUT2D eigenvalue weighted by molar-refractivity contribution is -0.190. The van der Waals surface area contributed by atoms with Crippen LogP contribution in [0.5, 0.6) is 0 Å². The number of rotatable bonds is 3. The number of fused-ring (bicyclic) bond motifs is 5. The molecular weight excluding hydrogens is 372 g/mol. The first-order valence-corrected chi connectivity index (χ1v) is 10.4. The predicted octanol–water partition coefficient (Wildman–Crippen LogP) is 2.34. The van der Waals surface area contributed by atoms with Gasteiger partial charge in [-0.05, 0) is 49.7 Å². The van der Waals surface area contributed by atoms with Crippen LogP contribution >= 0.6 is 0 Å². The van der Waals surface area contributed by atoms with Gasteiger partial charge in [-0.15, -0.1) is 0 Å². The van der Waals surface area contributed by atoms with Crippen molar-refractivity contribution in [2.24, 2.45) is 28.6 Å². The number of Topliss-reactive ketones (excluding diaryl/α,β-unsaturated/α-hetero) is 2. The van der Waals surface area contributed by atoms with E-state index in [2.05, 4.69) is 0 Å². The van der Waals surface area contributed by atoms with E-state index in [9.17, 15) is 24.3 Å². The van der Waals surface area contributed by atoms with Gasteiger partial charge in [-0.2, -0.15) is 0 Å². The van der Waals surface area contributed by atoms with Gasteiger partial charge in [-0.25, -0.2) is 0 Å². The molecule has 1 N–H and O–H groups in total. The van der Waals surface area contributed by atoms with Gasteiger partial charge in [-0.1, -0.05) is 25.5 Å². The lowest BCUT2D eigenvalue weighted by atomic mass is 9.46. The molecule has 0 saturated heterocycles. The van der Waals surface area contributed by atoms with Crippen molar-refractivity contribution in [2.75, 3.05) is 6.61 Å². The van der Waals surface area contributed by atoms with E-state index in [0.29, 0.717) is 12.8 Å². The number of ketones is 3. The molecule has 6 nitrogen and oxygen atoms in total. The SMILES string of the molecule is CC(=O)O[C@]1(C(=O)CO)CCC2C3CCC4=CC(=O)C=C[C@]4(C)C3C(=O)C[C@@]21C. The molecule has 0 aromatic heterocycles. The Balaban J connectivity index is 1.78. The van der Waals surface area contributed by atoms with Crippen LogP contribution in [0.2, 0.25) is 0 Å². The lowest BCUT2D eigenvalue weighted by Crippen LogP contribution is -2.62. The van der Waals surface area contributed by atoms with E-state index in [0.717, 1.165) is 18.4 Å². The van der Waals surface area contributed by atoms with Crippen LogP contribution in [0.15, 0.2) is 23.8 Å². The van der Waals surface area contributed by atoms with Gasteiger partial charge in [0.05, 0.1) is 0 Å². The highest BCUT2D eigenvalue weighted by Crippen LogP contribution is 2.66. The molecule has 156 valence electrons. The summed E-state index contributed by atoms with van der Waals surface area (Å²) in [6.07, 6.45) is 7.74. The Hall–Kier alpha value is -2.08. The fraction of sp³-hybridized carbons (Fsp3) is 0.652. The van der Waals surface area contributed by atoms with Gasteiger partial charge in [0.25, 0.3) is 0 Å². The van der Waals surface area contributed by atoms with Gasteiger partial charge in [-0.3, -0.25) is 19.2 Å². The zero-order valence-electron chi connectivity index (χ0n) is 17.2. The second-order valence-electron chi connectivity index (χ2n) is 9.58. The molecule has 3 saturated carbocycles. The summed E-state index contributed by atoms with van der Waals surface area (Å²) >= 11 is 0. The molecule has 0 heterocycles. The van der Waals surface area contributed by atoms with Gasteiger partial charge in [0.1, 0.15) is 12.4 Å². The van der Waals surface area contributed by atoms with Gasteiger partial charge in [0, 0.05) is 30.1 Å². The van der Waals surface area contributed by atoms with Crippen LogP contribution < -0.4 is 0 Å². The first-order chi connectivity index (χ1) is 13.6. The Morgan fingerprint density at radius 1 is 1.24 bits per heavy atom. The van der Waals surface area contributed by atoms with Gasteiger partial charge < -0.3 is 9.84 Å². The van der Waals surface area contributed by atoms with E-state index >= 15 is 0 Å². The summed E-state index contributed by atoms with van der Waals surface area (Å²) in [6.45, 7) is 4.46. The molecule has 4 aliphatic carbocycles. The highest BCUT2D eigenvalue weighted by Gasteiger charge is 2.70. The van der Waals surface area contributed by atoms with E-state index in [1.807, 2.05) is 19.9 Å². The zero-order chi connectivity index (χ0) is 21.2. The maximum Gasteiger partial charge on any atom is 0.303 e. The summed E-state index contributed by atoms with van der Waals surface area (Å²) in [5.41, 5.74) is -1.75. The molecule has 3 unspecified atom stereocenters. The van der Waals surface area contributed by atoms with Crippen LogP contribution in [0.4, 0.5) is 0 Å². The van der Waals surface area contributed by atoms with E-state index in [4.69, 9.17) is 4.74 Å². The van der Waals surface area contributed by atoms with Crippen molar-refractivity contribution >= 4 is 23.3 Å². The number of esters is 1. The third-order valence-corrected chi connectivity index (χ3v) is 8.29. The third-order valence-electron chi connectivity index (χ3n) is 8.29. The van der Waals surface area contributed by atoms with E-state index in [1.165, 1.54) is 6.92 Å². The number of ether oxygens (including phenoxy) is 1. The van der Waals surface area contributed by atoms with E-state index in [-0.39, 0.29) is 35.7 Å². The fourth-order valence-corrected chi connectivity index (χ4v) is 7.07. The summed E-state index contributed by atoms with van der Waals surface area (Å²) in [4.78, 5) is 50.1. The van der Waals surface area contributed by atoms with Gasteiger partial charge in [0.2, 0.25) is 5.78 Å². The highest BCUT2D eigenvalue weighted by atomic mass is 16.6. The maximum absolute atomic E-state index is 13.5. The van der Waals surface area contributed by atoms with Crippen molar-refractivity contribution in [1.82, 2.24) is 0 Å². The molecule has 4 aliphatic rings. The number of aliphatic hydroxyl groups excluding tert-OH is 1. The number of carbonyl (C=O) groups excluding carboxylic acids is 4. The highest BCUT2D eigenvalue weighted by molar-refractivity contribution is 6.02. The minimum Gasteiger partial charge on any atom is -0.451 e. The molecule has 0 aliphatic heterocycles. The first-order valence-electron chi connectivity index (χ1n) is 10.4. The van der Waals surface area contributed by atoms with Gasteiger partial charge in [0.15, 0.2) is 11.4 Å². The number of hydrogen-bond acceptors (Lipinski definition) is 6. The average molecular weight is 400 g/mol. The van der Waals surface area contributed by atoms with E-state index < -0.39 is 34.8 Å². The van der Waals surface area contributed by atoms with Crippen LogP contribution in [0, 0.1) is 28.6 Å². The number of hydrogen-bond donors (Lipinski definition) is 1. The lowest BCUT2D eigenvalue weighted by Gasteiger charge is -2.57. The summed E-state index contributed by atoms with van der Waals surface area (Å²) < 4.78 is 5.63. The molecule has 0 bridgehead atoms. The maximum atomic E-state index is 13.5. The summed E-state index contributed by atoms with van der Waals surface area (Å²) in [7, 11) is 0. The number of carbonyl (C=O) groups is 4. The van der Waals surface area contributed by atoms with Crippen molar-refractivity contribution in [3.63, 3.8) is 0 Å². The van der Waals surface area contributed by atoms with Crippen molar-refractivity contribution in [1.29, 1.82) is 0 Å². The summed E-state index contributed by atoms with van der Waals surface area (Å²) in [6, 6.07) is 0. The van der Waals surface area contributed by atoms with Crippen LogP contribution in [-0.4, -0.2) is 40.6 Å². The third kappa shape index (κ3) is 2.57. The molecule has 4 rings (SSSR count). The Morgan fingerprint density at radius 3 is 2.62 bits per heavy atom. The van der Waals surface area contributed by atoms with Crippen LogP contribution in [-0.2, 0) is 23.9 Å². The summed E-state index contributed by atoms with van der Waals surface area (Å²) in [5, 5.41) is 9.62. The number of allylic oxidation sites excluding steroid dienone is 4. The van der Waals surface area contributed by atoms with Gasteiger partial charge >= 0.3 is 5.97 Å². The van der Waals surface area contributed by atoms with Crippen LogP contribution in [0.3, 0.4) is 0 Å². The minimum atomic E-state index is -1.45. The molecule has 0 aromatic carbocycles. The average Bonchev–Trinajstić information content (AvgIpc) is 2.93. The number of aliphatic hydroxyl groups is 1. The Bertz CT molecular complexity index is 869. The standard InChI is InChI=1S/C23H28O6/c1-13(25)29-23(19(28)12-24)9-7-17-16-5-4-14-10-15(26)6-8-21(14,2)20(16)18(27)11-22(17,23)3/h6,8,10,16-17,20,24H,4-5,7,9,11-12H2,1-3H3/t16?,17?,20?,21-,22-,23-/m0/s1. The summed E-state index contributed by atoms with van der Waals surface area (Å²) in [5.74, 6) is -1.25. The molecule has 0 radical (unpaired) electrons. The molecule has 0 amide bonds. The van der Waals surface area contributed by atoms with Crippen molar-refractivity contribution in [3.05, 3.63) is 23.8 Å². The second-order valence-corrected chi connectivity index (χ2v) is 9.58. The topological polar surface area (TPSA) is 97.7 Å². The normalized spacial score (nSPS) is 43.2. The predicted molar refractivity (Wildman–Crippen MR) is 104 cm³/mol. The zero-order valence-corrected chi connectivity index (χ0v) is 17.2. The minimum absolute atomic E-state index is 0.0319. The van der Waals surface area contributed by atoms with Crippen molar-refractivity contribution in [2.45, 2.75) is 58.5 Å². The fourth-order valence-electron chi connectivity index (χ4n) is 7.07. The molecule has 6 atom stereocenters. The Kier molecular flexibility index (Phi) is 4.50. The molecule has 6 heteroatoms. The van der Waals surface area contributed by atoms with Crippen LogP contribution in [0.1, 0.15) is 52.9 Å². The molecule has 3 fully saturated rings. The molecule has 29 heavy (non-hydrogen) atoms. The smallest absolute Gasteiger partial charge is 0.303 e. The Morgan fingerprint density at radius 2 is 1.97 bits per heavy atom.